The predicted octanol–water partition coefficient (Wildman–Crippen LogP) is 5.32. The van der Waals surface area contributed by atoms with Gasteiger partial charge in [0.25, 0.3) is 0 Å². The summed E-state index contributed by atoms with van der Waals surface area (Å²) in [4.78, 5) is 26.0. The molecule has 1 aromatic carbocycles. The SMILES string of the molecule is [C-]#[N+]c1ccc(CNC(=O)C(CC2CCCCC2)Nc2cc(-n3cccc3)nc(NCC)n2)cc1. The van der Waals surface area contributed by atoms with E-state index >= 15 is 0 Å². The van der Waals surface area contributed by atoms with Gasteiger partial charge in [-0.05, 0) is 37.0 Å². The maximum atomic E-state index is 13.4. The van der Waals surface area contributed by atoms with E-state index in [1.54, 1.807) is 12.1 Å². The number of rotatable bonds is 10. The fraction of sp³-hybridized carbons (Fsp3) is 0.407. The number of amides is 1. The van der Waals surface area contributed by atoms with Gasteiger partial charge in [-0.1, -0.05) is 56.4 Å². The Bertz CT molecular complexity index is 1130. The van der Waals surface area contributed by atoms with Crippen LogP contribution >= 0.6 is 0 Å². The predicted molar refractivity (Wildman–Crippen MR) is 139 cm³/mol. The molecule has 0 radical (unpaired) electrons. The first-order valence-electron chi connectivity index (χ1n) is 12.4. The van der Waals surface area contributed by atoms with Crippen LogP contribution in [0.2, 0.25) is 0 Å². The van der Waals surface area contributed by atoms with Crippen LogP contribution in [0.3, 0.4) is 0 Å². The first-order valence-corrected chi connectivity index (χ1v) is 12.4. The molecule has 1 unspecified atom stereocenters. The summed E-state index contributed by atoms with van der Waals surface area (Å²) in [6.45, 7) is 10.2. The number of nitrogens with zero attached hydrogens (tertiary/aromatic N) is 4. The van der Waals surface area contributed by atoms with Gasteiger partial charge in [-0.3, -0.25) is 4.79 Å². The van der Waals surface area contributed by atoms with Crippen molar-refractivity contribution < 1.29 is 4.79 Å². The molecular weight excluding hydrogens is 438 g/mol. The lowest BCUT2D eigenvalue weighted by atomic mass is 9.84. The van der Waals surface area contributed by atoms with E-state index in [9.17, 15) is 4.79 Å². The number of hydrogen-bond donors (Lipinski definition) is 3. The van der Waals surface area contributed by atoms with E-state index < -0.39 is 6.04 Å². The molecule has 35 heavy (non-hydrogen) atoms. The zero-order chi connectivity index (χ0) is 24.5. The van der Waals surface area contributed by atoms with Crippen LogP contribution in [-0.2, 0) is 11.3 Å². The van der Waals surface area contributed by atoms with Crippen LogP contribution in [0.1, 0.15) is 51.0 Å². The van der Waals surface area contributed by atoms with Crippen LogP contribution in [0, 0.1) is 12.5 Å². The summed E-state index contributed by atoms with van der Waals surface area (Å²) < 4.78 is 1.93. The van der Waals surface area contributed by atoms with Crippen LogP contribution in [0.25, 0.3) is 10.7 Å². The number of nitrogens with one attached hydrogen (secondary N) is 3. The summed E-state index contributed by atoms with van der Waals surface area (Å²) >= 11 is 0. The fourth-order valence-corrected chi connectivity index (χ4v) is 4.53. The van der Waals surface area contributed by atoms with Crippen LogP contribution in [0.4, 0.5) is 17.5 Å². The maximum absolute atomic E-state index is 13.4. The van der Waals surface area contributed by atoms with E-state index in [0.29, 0.717) is 36.5 Å². The minimum atomic E-state index is -0.400. The lowest BCUT2D eigenvalue weighted by Crippen LogP contribution is -2.41. The minimum Gasteiger partial charge on any atom is -0.358 e. The van der Waals surface area contributed by atoms with Crippen molar-refractivity contribution in [1.29, 1.82) is 0 Å². The van der Waals surface area contributed by atoms with Crippen LogP contribution in [-0.4, -0.2) is 33.0 Å². The zero-order valence-electron chi connectivity index (χ0n) is 20.2. The molecule has 0 aliphatic heterocycles. The standard InChI is InChI=1S/C27H33N7O/c1-3-29-27-32-24(18-25(33-27)34-15-7-8-16-34)31-23(17-20-9-5-4-6-10-20)26(35)30-19-21-11-13-22(28-2)14-12-21/h7-8,11-16,18,20,23H,3-6,9-10,17,19H2,1H3,(H,30,35)(H2,29,31,32,33). The molecule has 1 amide bonds. The van der Waals surface area contributed by atoms with Gasteiger partial charge in [-0.15, -0.1) is 0 Å². The van der Waals surface area contributed by atoms with Crippen molar-refractivity contribution >= 4 is 23.4 Å². The molecule has 1 saturated carbocycles. The molecule has 4 rings (SSSR count). The van der Waals surface area contributed by atoms with Crippen molar-refractivity contribution in [2.75, 3.05) is 17.2 Å². The summed E-state index contributed by atoms with van der Waals surface area (Å²) in [5, 5.41) is 9.70. The summed E-state index contributed by atoms with van der Waals surface area (Å²) in [7, 11) is 0. The van der Waals surface area contributed by atoms with E-state index in [-0.39, 0.29) is 5.91 Å². The Labute approximate surface area is 207 Å². The Hall–Kier alpha value is -3.86. The minimum absolute atomic E-state index is 0.0454. The van der Waals surface area contributed by atoms with Crippen molar-refractivity contribution in [2.45, 2.75) is 58.0 Å². The quantitative estimate of drug-likeness (QED) is 0.349. The molecule has 1 fully saturated rings. The molecule has 3 N–H and O–H groups in total. The number of anilines is 2. The van der Waals surface area contributed by atoms with Crippen molar-refractivity contribution in [2.24, 2.45) is 5.92 Å². The molecule has 1 atom stereocenters. The third-order valence-corrected chi connectivity index (χ3v) is 6.38. The van der Waals surface area contributed by atoms with E-state index in [2.05, 4.69) is 30.8 Å². The van der Waals surface area contributed by atoms with Crippen LogP contribution in [0.5, 0.6) is 0 Å². The van der Waals surface area contributed by atoms with Gasteiger partial charge in [0.05, 0.1) is 6.57 Å². The van der Waals surface area contributed by atoms with Gasteiger partial charge in [0.15, 0.2) is 5.69 Å². The summed E-state index contributed by atoms with van der Waals surface area (Å²) in [6.07, 6.45) is 10.7. The normalized spacial score (nSPS) is 14.6. The second-order valence-electron chi connectivity index (χ2n) is 8.99. The highest BCUT2D eigenvalue weighted by Gasteiger charge is 2.25. The Balaban J connectivity index is 1.52. The molecule has 8 heteroatoms. The average Bonchev–Trinajstić information content (AvgIpc) is 3.43. The van der Waals surface area contributed by atoms with E-state index in [1.807, 2.05) is 54.2 Å². The number of benzene rings is 1. The Kier molecular flexibility index (Phi) is 8.34. The molecule has 182 valence electrons. The molecule has 2 aromatic heterocycles. The van der Waals surface area contributed by atoms with Crippen molar-refractivity contribution in [3.8, 4) is 5.82 Å². The largest absolute Gasteiger partial charge is 0.358 e. The number of hydrogen-bond acceptors (Lipinski definition) is 5. The second-order valence-corrected chi connectivity index (χ2v) is 8.99. The second kappa shape index (κ2) is 12.0. The average molecular weight is 472 g/mol. The highest BCUT2D eigenvalue weighted by Crippen LogP contribution is 2.28. The van der Waals surface area contributed by atoms with Gasteiger partial charge < -0.3 is 20.5 Å². The molecule has 2 heterocycles. The first kappa shape index (κ1) is 24.3. The molecule has 1 aliphatic carbocycles. The third kappa shape index (κ3) is 6.82. The van der Waals surface area contributed by atoms with Gasteiger partial charge in [0.2, 0.25) is 11.9 Å². The van der Waals surface area contributed by atoms with Gasteiger partial charge in [0, 0.05) is 31.5 Å². The summed E-state index contributed by atoms with van der Waals surface area (Å²) in [6, 6.07) is 12.7. The van der Waals surface area contributed by atoms with Crippen LogP contribution < -0.4 is 16.0 Å². The molecule has 0 bridgehead atoms. The zero-order valence-corrected chi connectivity index (χ0v) is 20.2. The third-order valence-electron chi connectivity index (χ3n) is 6.38. The Morgan fingerprint density at radius 2 is 1.89 bits per heavy atom. The van der Waals surface area contributed by atoms with Crippen molar-refractivity contribution in [3.63, 3.8) is 0 Å². The fourth-order valence-electron chi connectivity index (χ4n) is 4.53. The molecule has 3 aromatic rings. The highest BCUT2D eigenvalue weighted by molar-refractivity contribution is 5.84. The monoisotopic (exact) mass is 471 g/mol. The molecule has 0 saturated heterocycles. The number of aromatic nitrogens is 3. The Morgan fingerprint density at radius 1 is 1.14 bits per heavy atom. The molecular formula is C27H33N7O. The summed E-state index contributed by atoms with van der Waals surface area (Å²) in [5.74, 6) is 2.36. The van der Waals surface area contributed by atoms with Gasteiger partial charge >= 0.3 is 0 Å². The number of carbonyl (C=O) groups is 1. The molecule has 8 nitrogen and oxygen atoms in total. The smallest absolute Gasteiger partial charge is 0.242 e. The molecule has 1 aliphatic rings. The van der Waals surface area contributed by atoms with E-state index in [0.717, 1.165) is 30.6 Å². The number of carbonyl (C=O) groups excluding carboxylic acids is 1. The summed E-state index contributed by atoms with van der Waals surface area (Å²) in [5.41, 5.74) is 1.56. The van der Waals surface area contributed by atoms with Gasteiger partial charge in [0.1, 0.15) is 17.7 Å². The van der Waals surface area contributed by atoms with Crippen molar-refractivity contribution in [1.82, 2.24) is 19.9 Å². The maximum Gasteiger partial charge on any atom is 0.242 e. The lowest BCUT2D eigenvalue weighted by Gasteiger charge is -2.27. The molecule has 0 spiro atoms. The highest BCUT2D eigenvalue weighted by atomic mass is 16.2. The van der Waals surface area contributed by atoms with E-state index in [4.69, 9.17) is 6.57 Å². The first-order chi connectivity index (χ1) is 17.1. The van der Waals surface area contributed by atoms with Crippen LogP contribution in [0.15, 0.2) is 54.9 Å². The van der Waals surface area contributed by atoms with E-state index in [1.165, 1.54) is 19.3 Å². The van der Waals surface area contributed by atoms with Gasteiger partial charge in [-0.2, -0.15) is 9.97 Å². The topological polar surface area (TPSA) is 88.2 Å². The van der Waals surface area contributed by atoms with Gasteiger partial charge in [-0.25, -0.2) is 4.85 Å². The Morgan fingerprint density at radius 3 is 2.57 bits per heavy atom. The van der Waals surface area contributed by atoms with Crippen molar-refractivity contribution in [3.05, 3.63) is 71.8 Å². The lowest BCUT2D eigenvalue weighted by molar-refractivity contribution is -0.122.